The molecule has 0 aromatic heterocycles. The summed E-state index contributed by atoms with van der Waals surface area (Å²) in [6, 6.07) is 5.05. The van der Waals surface area contributed by atoms with Crippen LogP contribution in [0.2, 0.25) is 0 Å². The second kappa shape index (κ2) is 4.85. The fraction of sp³-hybridized carbons (Fsp3) is 0.250. The molecule has 0 unspecified atom stereocenters. The van der Waals surface area contributed by atoms with Crippen LogP contribution < -0.4 is 10.5 Å². The van der Waals surface area contributed by atoms with Gasteiger partial charge in [0.1, 0.15) is 0 Å². The van der Waals surface area contributed by atoms with Crippen LogP contribution in [0.5, 0.6) is 11.5 Å². The molecule has 0 saturated carbocycles. The lowest BCUT2D eigenvalue weighted by atomic mass is 10.2. The summed E-state index contributed by atoms with van der Waals surface area (Å²) in [5.74, 6) is 0.609. The van der Waals surface area contributed by atoms with Crippen LogP contribution in [0.1, 0.15) is 5.56 Å². The van der Waals surface area contributed by atoms with Crippen molar-refractivity contribution in [2.75, 3.05) is 7.11 Å². The maximum absolute atomic E-state index is 9.16. The SMILES string of the molecule is COc1cc(CN)ccc1O.Cl. The van der Waals surface area contributed by atoms with Gasteiger partial charge in [-0.25, -0.2) is 0 Å². The second-order valence-corrected chi connectivity index (χ2v) is 2.21. The van der Waals surface area contributed by atoms with E-state index in [0.29, 0.717) is 12.3 Å². The summed E-state index contributed by atoms with van der Waals surface area (Å²) in [7, 11) is 1.51. The number of halogens is 1. The third-order valence-corrected chi connectivity index (χ3v) is 1.48. The van der Waals surface area contributed by atoms with Crippen LogP contribution in [0.4, 0.5) is 0 Å². The lowest BCUT2D eigenvalue weighted by molar-refractivity contribution is 0.373. The van der Waals surface area contributed by atoms with E-state index in [0.717, 1.165) is 5.56 Å². The minimum absolute atomic E-state index is 0. The zero-order valence-electron chi connectivity index (χ0n) is 6.78. The number of benzene rings is 1. The minimum atomic E-state index is 0. The van der Waals surface area contributed by atoms with Gasteiger partial charge in [-0.1, -0.05) is 6.07 Å². The highest BCUT2D eigenvalue weighted by Crippen LogP contribution is 2.25. The first-order valence-corrected chi connectivity index (χ1v) is 3.34. The quantitative estimate of drug-likeness (QED) is 0.737. The van der Waals surface area contributed by atoms with Gasteiger partial charge in [0, 0.05) is 6.54 Å². The highest BCUT2D eigenvalue weighted by Gasteiger charge is 1.99. The topological polar surface area (TPSA) is 55.5 Å². The van der Waals surface area contributed by atoms with Crippen molar-refractivity contribution < 1.29 is 9.84 Å². The summed E-state index contributed by atoms with van der Waals surface area (Å²) in [5, 5.41) is 9.16. The van der Waals surface area contributed by atoms with E-state index in [2.05, 4.69) is 0 Å². The van der Waals surface area contributed by atoms with Gasteiger partial charge in [-0.2, -0.15) is 0 Å². The first-order chi connectivity index (χ1) is 5.27. The van der Waals surface area contributed by atoms with Crippen molar-refractivity contribution in [1.29, 1.82) is 0 Å². The molecule has 0 aliphatic heterocycles. The van der Waals surface area contributed by atoms with Gasteiger partial charge in [0.15, 0.2) is 11.5 Å². The third kappa shape index (κ3) is 2.29. The van der Waals surface area contributed by atoms with Gasteiger partial charge in [-0.15, -0.1) is 12.4 Å². The molecule has 0 radical (unpaired) electrons. The molecular weight excluding hydrogens is 178 g/mol. The van der Waals surface area contributed by atoms with Crippen LogP contribution in [0.25, 0.3) is 0 Å². The molecule has 3 nitrogen and oxygen atoms in total. The Labute approximate surface area is 77.6 Å². The van der Waals surface area contributed by atoms with Crippen molar-refractivity contribution >= 4 is 12.4 Å². The Morgan fingerprint density at radius 1 is 1.50 bits per heavy atom. The van der Waals surface area contributed by atoms with Crippen LogP contribution in [0.15, 0.2) is 18.2 Å². The molecule has 68 valence electrons. The molecule has 1 aromatic rings. The average Bonchev–Trinajstić information content (AvgIpc) is 2.05. The number of aromatic hydroxyl groups is 1. The lowest BCUT2D eigenvalue weighted by Crippen LogP contribution is -1.96. The summed E-state index contributed by atoms with van der Waals surface area (Å²) in [5.41, 5.74) is 6.33. The summed E-state index contributed by atoms with van der Waals surface area (Å²) < 4.78 is 4.88. The van der Waals surface area contributed by atoms with Crippen molar-refractivity contribution in [3.05, 3.63) is 23.8 Å². The molecule has 3 N–H and O–H groups in total. The highest BCUT2D eigenvalue weighted by molar-refractivity contribution is 5.85. The van der Waals surface area contributed by atoms with Gasteiger partial charge < -0.3 is 15.6 Å². The van der Waals surface area contributed by atoms with Crippen molar-refractivity contribution in [2.24, 2.45) is 5.73 Å². The van der Waals surface area contributed by atoms with Crippen LogP contribution in [0.3, 0.4) is 0 Å². The van der Waals surface area contributed by atoms with Gasteiger partial charge in [-0.05, 0) is 17.7 Å². The number of ether oxygens (including phenoxy) is 1. The summed E-state index contributed by atoms with van der Waals surface area (Å²) >= 11 is 0. The van der Waals surface area contributed by atoms with Gasteiger partial charge >= 0.3 is 0 Å². The van der Waals surface area contributed by atoms with Crippen molar-refractivity contribution in [2.45, 2.75) is 6.54 Å². The highest BCUT2D eigenvalue weighted by atomic mass is 35.5. The fourth-order valence-electron chi connectivity index (χ4n) is 0.849. The number of methoxy groups -OCH3 is 1. The Balaban J connectivity index is 0.00000121. The lowest BCUT2D eigenvalue weighted by Gasteiger charge is -2.03. The molecule has 0 amide bonds. The van der Waals surface area contributed by atoms with E-state index < -0.39 is 0 Å². The van der Waals surface area contributed by atoms with E-state index in [1.54, 1.807) is 18.2 Å². The first kappa shape index (κ1) is 11.1. The van der Waals surface area contributed by atoms with Gasteiger partial charge in [0.05, 0.1) is 7.11 Å². The zero-order valence-corrected chi connectivity index (χ0v) is 7.60. The molecule has 1 aromatic carbocycles. The van der Waals surface area contributed by atoms with E-state index in [1.165, 1.54) is 7.11 Å². The van der Waals surface area contributed by atoms with Crippen LogP contribution in [-0.2, 0) is 6.54 Å². The Bertz CT molecular complexity index is 253. The van der Waals surface area contributed by atoms with E-state index >= 15 is 0 Å². The molecule has 0 bridgehead atoms. The smallest absolute Gasteiger partial charge is 0.160 e. The molecule has 0 saturated heterocycles. The van der Waals surface area contributed by atoms with Crippen molar-refractivity contribution in [3.8, 4) is 11.5 Å². The molecule has 0 aliphatic rings. The molecule has 0 spiro atoms. The van der Waals surface area contributed by atoms with E-state index in [1.807, 2.05) is 0 Å². The number of rotatable bonds is 2. The van der Waals surface area contributed by atoms with Crippen LogP contribution in [0, 0.1) is 0 Å². The fourth-order valence-corrected chi connectivity index (χ4v) is 0.849. The van der Waals surface area contributed by atoms with Gasteiger partial charge in [0.2, 0.25) is 0 Å². The molecule has 0 aliphatic carbocycles. The number of hydrogen-bond acceptors (Lipinski definition) is 3. The Morgan fingerprint density at radius 2 is 2.17 bits per heavy atom. The summed E-state index contributed by atoms with van der Waals surface area (Å²) in [4.78, 5) is 0. The summed E-state index contributed by atoms with van der Waals surface area (Å²) in [6.45, 7) is 0.455. The Hall–Kier alpha value is -0.930. The average molecular weight is 190 g/mol. The minimum Gasteiger partial charge on any atom is -0.504 e. The zero-order chi connectivity index (χ0) is 8.27. The monoisotopic (exact) mass is 189 g/mol. The predicted octanol–water partition coefficient (Wildman–Crippen LogP) is 1.28. The Kier molecular flexibility index (Phi) is 4.47. The first-order valence-electron chi connectivity index (χ1n) is 3.34. The van der Waals surface area contributed by atoms with E-state index in [-0.39, 0.29) is 18.2 Å². The second-order valence-electron chi connectivity index (χ2n) is 2.21. The maximum Gasteiger partial charge on any atom is 0.160 e. The van der Waals surface area contributed by atoms with Gasteiger partial charge in [-0.3, -0.25) is 0 Å². The molecular formula is C8H12ClNO2. The number of hydrogen-bond donors (Lipinski definition) is 2. The van der Waals surface area contributed by atoms with E-state index in [4.69, 9.17) is 15.6 Å². The molecule has 0 fully saturated rings. The Morgan fingerprint density at radius 3 is 2.67 bits per heavy atom. The normalized spacial score (nSPS) is 8.83. The predicted molar refractivity (Wildman–Crippen MR) is 49.8 cm³/mol. The maximum atomic E-state index is 9.16. The number of phenolic OH excluding ortho intramolecular Hbond substituents is 1. The molecule has 4 heteroatoms. The van der Waals surface area contributed by atoms with Crippen molar-refractivity contribution in [1.82, 2.24) is 0 Å². The molecule has 1 rings (SSSR count). The van der Waals surface area contributed by atoms with Gasteiger partial charge in [0.25, 0.3) is 0 Å². The van der Waals surface area contributed by atoms with Crippen LogP contribution >= 0.6 is 12.4 Å². The number of phenols is 1. The summed E-state index contributed by atoms with van der Waals surface area (Å²) in [6.07, 6.45) is 0. The van der Waals surface area contributed by atoms with Crippen LogP contribution in [-0.4, -0.2) is 12.2 Å². The third-order valence-electron chi connectivity index (χ3n) is 1.48. The number of nitrogens with two attached hydrogens (primary N) is 1. The standard InChI is InChI=1S/C8H11NO2.ClH/c1-11-8-4-6(5-9)2-3-7(8)10;/h2-4,10H,5,9H2,1H3;1H. The molecule has 0 atom stereocenters. The van der Waals surface area contributed by atoms with E-state index in [9.17, 15) is 0 Å². The largest absolute Gasteiger partial charge is 0.504 e. The molecule has 12 heavy (non-hydrogen) atoms. The molecule has 0 heterocycles. The van der Waals surface area contributed by atoms with Crippen molar-refractivity contribution in [3.63, 3.8) is 0 Å².